The fourth-order valence-electron chi connectivity index (χ4n) is 1.57. The summed E-state index contributed by atoms with van der Waals surface area (Å²) in [5.41, 5.74) is 3.10. The smallest absolute Gasteiger partial charge is 0.142 e. The van der Waals surface area contributed by atoms with Crippen molar-refractivity contribution in [1.82, 2.24) is 4.98 Å². The van der Waals surface area contributed by atoms with Crippen molar-refractivity contribution in [1.29, 1.82) is 0 Å². The second-order valence-corrected chi connectivity index (χ2v) is 4.91. The van der Waals surface area contributed by atoms with Crippen molar-refractivity contribution < 1.29 is 4.74 Å². The van der Waals surface area contributed by atoms with Crippen LogP contribution in [0.1, 0.15) is 17.0 Å². The first-order valence-corrected chi connectivity index (χ1v) is 7.85. The minimum absolute atomic E-state index is 0.566. The molecular formula is C14H13Br2NO. The fraction of sp³-hybridized carbons (Fsp3) is 0.214. The molecule has 18 heavy (non-hydrogen) atoms. The van der Waals surface area contributed by atoms with E-state index in [-0.39, 0.29) is 0 Å². The van der Waals surface area contributed by atoms with Crippen molar-refractivity contribution in [2.45, 2.75) is 17.3 Å². The largest absolute Gasteiger partial charge is 0.487 e. The minimum Gasteiger partial charge on any atom is -0.487 e. The Hall–Kier alpha value is -0.870. The van der Waals surface area contributed by atoms with E-state index < -0.39 is 0 Å². The highest BCUT2D eigenvalue weighted by molar-refractivity contribution is 9.08. The van der Waals surface area contributed by atoms with Crippen molar-refractivity contribution in [2.24, 2.45) is 0 Å². The molecular weight excluding hydrogens is 358 g/mol. The molecule has 0 bridgehead atoms. The molecule has 2 rings (SSSR count). The Labute approximate surface area is 124 Å². The van der Waals surface area contributed by atoms with Crippen LogP contribution in [-0.2, 0) is 17.3 Å². The Morgan fingerprint density at radius 1 is 0.944 bits per heavy atom. The molecule has 1 aromatic heterocycles. The summed E-state index contributed by atoms with van der Waals surface area (Å²) in [6.45, 7) is 0.566. The summed E-state index contributed by atoms with van der Waals surface area (Å²) in [5.74, 6) is 0.834. The van der Waals surface area contributed by atoms with Gasteiger partial charge in [-0.15, -0.1) is 0 Å². The molecule has 4 heteroatoms. The van der Waals surface area contributed by atoms with E-state index in [0.717, 1.165) is 28.0 Å². The molecule has 0 aliphatic heterocycles. The third-order valence-electron chi connectivity index (χ3n) is 2.49. The number of benzene rings is 1. The van der Waals surface area contributed by atoms with Crippen LogP contribution in [0.25, 0.3) is 0 Å². The van der Waals surface area contributed by atoms with Crippen LogP contribution in [0.4, 0.5) is 0 Å². The van der Waals surface area contributed by atoms with Crippen molar-refractivity contribution in [3.8, 4) is 5.75 Å². The maximum Gasteiger partial charge on any atom is 0.142 e. The monoisotopic (exact) mass is 369 g/mol. The van der Waals surface area contributed by atoms with Gasteiger partial charge < -0.3 is 4.74 Å². The lowest BCUT2D eigenvalue weighted by molar-refractivity contribution is 0.302. The van der Waals surface area contributed by atoms with Gasteiger partial charge in [0.25, 0.3) is 0 Å². The summed E-state index contributed by atoms with van der Waals surface area (Å²) in [7, 11) is 0. The highest BCUT2D eigenvalue weighted by atomic mass is 79.9. The average molecular weight is 371 g/mol. The molecule has 0 aliphatic carbocycles. The number of ether oxygens (including phenoxy) is 1. The van der Waals surface area contributed by atoms with Gasteiger partial charge in [-0.2, -0.15) is 0 Å². The molecule has 0 radical (unpaired) electrons. The van der Waals surface area contributed by atoms with Gasteiger partial charge >= 0.3 is 0 Å². The van der Waals surface area contributed by atoms with Gasteiger partial charge in [-0.25, -0.2) is 0 Å². The first-order valence-electron chi connectivity index (χ1n) is 5.61. The molecule has 0 spiro atoms. The molecule has 2 aromatic rings. The van der Waals surface area contributed by atoms with E-state index in [4.69, 9.17) is 4.74 Å². The van der Waals surface area contributed by atoms with Gasteiger partial charge in [-0.1, -0.05) is 62.2 Å². The van der Waals surface area contributed by atoms with Crippen LogP contribution in [0.3, 0.4) is 0 Å². The zero-order valence-corrected chi connectivity index (χ0v) is 12.9. The highest BCUT2D eigenvalue weighted by Gasteiger charge is 2.06. The molecule has 0 fully saturated rings. The predicted octanol–water partition coefficient (Wildman–Crippen LogP) is 4.45. The molecule has 0 saturated carbocycles. The Morgan fingerprint density at radius 3 is 2.39 bits per heavy atom. The summed E-state index contributed by atoms with van der Waals surface area (Å²) < 4.78 is 5.81. The molecule has 0 unspecified atom stereocenters. The normalized spacial score (nSPS) is 10.3. The van der Waals surface area contributed by atoms with E-state index in [9.17, 15) is 0 Å². The molecule has 0 saturated heterocycles. The maximum atomic E-state index is 5.81. The lowest BCUT2D eigenvalue weighted by Gasteiger charge is -2.10. The zero-order valence-electron chi connectivity index (χ0n) is 9.77. The summed E-state index contributed by atoms with van der Waals surface area (Å²) in [6.07, 6.45) is 0. The minimum atomic E-state index is 0.566. The number of alkyl halides is 2. The second-order valence-electron chi connectivity index (χ2n) is 3.79. The van der Waals surface area contributed by atoms with Gasteiger partial charge in [0.1, 0.15) is 12.4 Å². The quantitative estimate of drug-likeness (QED) is 0.725. The number of halogens is 2. The van der Waals surface area contributed by atoms with Crippen molar-refractivity contribution in [2.75, 3.05) is 0 Å². The van der Waals surface area contributed by atoms with Gasteiger partial charge in [0, 0.05) is 10.7 Å². The van der Waals surface area contributed by atoms with Crippen LogP contribution in [0, 0.1) is 0 Å². The molecule has 0 N–H and O–H groups in total. The van der Waals surface area contributed by atoms with Crippen molar-refractivity contribution in [3.05, 3.63) is 59.4 Å². The standard InChI is InChI=1S/C14H13Br2NO/c15-8-12-6-7-14(13(9-16)17-12)18-10-11-4-2-1-3-5-11/h1-7H,8-10H2. The Balaban J connectivity index is 2.09. The maximum absolute atomic E-state index is 5.81. The number of aromatic nitrogens is 1. The third kappa shape index (κ3) is 3.56. The molecule has 94 valence electrons. The molecule has 1 heterocycles. The molecule has 0 aliphatic rings. The number of rotatable bonds is 5. The van der Waals surface area contributed by atoms with E-state index in [1.54, 1.807) is 0 Å². The van der Waals surface area contributed by atoms with Crippen LogP contribution in [0.15, 0.2) is 42.5 Å². The number of hydrogen-bond acceptors (Lipinski definition) is 2. The van der Waals surface area contributed by atoms with Crippen LogP contribution >= 0.6 is 31.9 Å². The Bertz CT molecular complexity index is 502. The van der Waals surface area contributed by atoms with Crippen LogP contribution < -0.4 is 4.74 Å². The first-order chi connectivity index (χ1) is 8.83. The first kappa shape index (κ1) is 13.6. The number of nitrogens with zero attached hydrogens (tertiary/aromatic N) is 1. The highest BCUT2D eigenvalue weighted by Crippen LogP contribution is 2.21. The number of pyridine rings is 1. The van der Waals surface area contributed by atoms with E-state index in [2.05, 4.69) is 36.8 Å². The predicted molar refractivity (Wildman–Crippen MR) is 80.3 cm³/mol. The second kappa shape index (κ2) is 6.90. The molecule has 2 nitrogen and oxygen atoms in total. The lowest BCUT2D eigenvalue weighted by atomic mass is 10.2. The summed E-state index contributed by atoms with van der Waals surface area (Å²) in [4.78, 5) is 4.50. The van der Waals surface area contributed by atoms with Gasteiger partial charge in [-0.3, -0.25) is 4.98 Å². The zero-order chi connectivity index (χ0) is 12.8. The van der Waals surface area contributed by atoms with Crippen LogP contribution in [0.5, 0.6) is 5.75 Å². The van der Waals surface area contributed by atoms with Gasteiger partial charge in [0.05, 0.1) is 11.4 Å². The average Bonchev–Trinajstić information content (AvgIpc) is 2.46. The summed E-state index contributed by atoms with van der Waals surface area (Å²) in [5, 5.41) is 1.45. The summed E-state index contributed by atoms with van der Waals surface area (Å²) in [6, 6.07) is 14.1. The Morgan fingerprint density at radius 2 is 1.72 bits per heavy atom. The van der Waals surface area contributed by atoms with Crippen LogP contribution in [-0.4, -0.2) is 4.98 Å². The SMILES string of the molecule is BrCc1ccc(OCc2ccccc2)c(CBr)n1. The van der Waals surface area contributed by atoms with E-state index >= 15 is 0 Å². The van der Waals surface area contributed by atoms with E-state index in [1.807, 2.05) is 42.5 Å². The molecule has 0 atom stereocenters. The van der Waals surface area contributed by atoms with Crippen LogP contribution in [0.2, 0.25) is 0 Å². The van der Waals surface area contributed by atoms with Crippen molar-refractivity contribution >= 4 is 31.9 Å². The van der Waals surface area contributed by atoms with Gasteiger partial charge in [0.15, 0.2) is 0 Å². The van der Waals surface area contributed by atoms with Gasteiger partial charge in [0.2, 0.25) is 0 Å². The Kier molecular flexibility index (Phi) is 5.20. The number of hydrogen-bond donors (Lipinski definition) is 0. The molecule has 1 aromatic carbocycles. The lowest BCUT2D eigenvalue weighted by Crippen LogP contribution is -2.00. The topological polar surface area (TPSA) is 22.1 Å². The van der Waals surface area contributed by atoms with Crippen molar-refractivity contribution in [3.63, 3.8) is 0 Å². The van der Waals surface area contributed by atoms with E-state index in [0.29, 0.717) is 11.9 Å². The van der Waals surface area contributed by atoms with Gasteiger partial charge in [-0.05, 0) is 17.7 Å². The summed E-state index contributed by atoms with van der Waals surface area (Å²) >= 11 is 6.84. The third-order valence-corrected chi connectivity index (χ3v) is 3.60. The molecule has 0 amide bonds. The fourth-order valence-corrected chi connectivity index (χ4v) is 2.28. The van der Waals surface area contributed by atoms with E-state index in [1.165, 1.54) is 0 Å².